The summed E-state index contributed by atoms with van der Waals surface area (Å²) in [5.74, 6) is -0.264. The maximum absolute atomic E-state index is 13.2. The summed E-state index contributed by atoms with van der Waals surface area (Å²) >= 11 is 0. The van der Waals surface area contributed by atoms with Crippen molar-refractivity contribution in [1.82, 2.24) is 4.90 Å². The molecule has 28 heavy (non-hydrogen) atoms. The molecule has 2 aromatic carbocycles. The number of nitrogen functional groups attached to an aromatic ring is 1. The smallest absolute Gasteiger partial charge is 0.416 e. The lowest BCUT2D eigenvalue weighted by molar-refractivity contribution is -0.130. The first-order valence-corrected chi connectivity index (χ1v) is 9.64. The number of imide groups is 1. The predicted octanol–water partition coefficient (Wildman–Crippen LogP) is 4.38. The van der Waals surface area contributed by atoms with Gasteiger partial charge in [-0.2, -0.15) is 0 Å². The average Bonchev–Trinajstić information content (AvgIpc) is 2.99. The highest BCUT2D eigenvalue weighted by Gasteiger charge is 2.40. The van der Waals surface area contributed by atoms with Crippen LogP contribution in [0, 0.1) is 5.41 Å². The summed E-state index contributed by atoms with van der Waals surface area (Å²) in [4.78, 5) is 26.8. The van der Waals surface area contributed by atoms with E-state index in [1.165, 1.54) is 4.90 Å². The number of amides is 2. The van der Waals surface area contributed by atoms with Crippen molar-refractivity contribution in [2.45, 2.75) is 45.6 Å². The van der Waals surface area contributed by atoms with Crippen molar-refractivity contribution in [2.24, 2.45) is 5.41 Å². The van der Waals surface area contributed by atoms with Crippen molar-refractivity contribution in [1.29, 1.82) is 0 Å². The van der Waals surface area contributed by atoms with Gasteiger partial charge in [-0.05, 0) is 41.0 Å². The quantitative estimate of drug-likeness (QED) is 0.782. The lowest BCUT2D eigenvalue weighted by atomic mass is 9.74. The average molecular weight is 380 g/mol. The second-order valence-corrected chi connectivity index (χ2v) is 8.48. The molecule has 1 aliphatic rings. The summed E-state index contributed by atoms with van der Waals surface area (Å²) in [6, 6.07) is 17.2. The van der Waals surface area contributed by atoms with Crippen LogP contribution in [0.15, 0.2) is 54.6 Å². The van der Waals surface area contributed by atoms with Gasteiger partial charge in [0.25, 0.3) is 0 Å². The normalized spacial score (nSPS) is 18.0. The van der Waals surface area contributed by atoms with Crippen molar-refractivity contribution < 1.29 is 14.3 Å². The first kappa shape index (κ1) is 19.9. The SMILES string of the molecule is CC(C)(C)[C@H](CC(=O)N1C(=O)OC[C@@H]1Cc1ccccc1)c1cccc(N)c1. The monoisotopic (exact) mass is 380 g/mol. The first-order chi connectivity index (χ1) is 13.3. The molecular weight excluding hydrogens is 352 g/mol. The summed E-state index contributed by atoms with van der Waals surface area (Å²) < 4.78 is 5.21. The van der Waals surface area contributed by atoms with Gasteiger partial charge in [0.1, 0.15) is 6.61 Å². The van der Waals surface area contributed by atoms with E-state index >= 15 is 0 Å². The van der Waals surface area contributed by atoms with Gasteiger partial charge < -0.3 is 10.5 Å². The molecule has 2 amide bonds. The van der Waals surface area contributed by atoms with Gasteiger partial charge in [0.05, 0.1) is 6.04 Å². The Balaban J connectivity index is 1.80. The number of benzene rings is 2. The van der Waals surface area contributed by atoms with Gasteiger partial charge in [-0.25, -0.2) is 9.69 Å². The Bertz CT molecular complexity index is 842. The third-order valence-electron chi connectivity index (χ3n) is 5.28. The fourth-order valence-corrected chi connectivity index (χ4v) is 3.78. The van der Waals surface area contributed by atoms with Gasteiger partial charge in [0.2, 0.25) is 5.91 Å². The van der Waals surface area contributed by atoms with Crippen LogP contribution in [-0.4, -0.2) is 29.5 Å². The topological polar surface area (TPSA) is 72.6 Å². The Hall–Kier alpha value is -2.82. The van der Waals surface area contributed by atoms with Crippen molar-refractivity contribution in [3.05, 3.63) is 65.7 Å². The van der Waals surface area contributed by atoms with E-state index in [4.69, 9.17) is 10.5 Å². The van der Waals surface area contributed by atoms with Crippen molar-refractivity contribution in [3.63, 3.8) is 0 Å². The lowest BCUT2D eigenvalue weighted by Crippen LogP contribution is -2.41. The highest BCUT2D eigenvalue weighted by molar-refractivity contribution is 5.94. The molecular formula is C23H28N2O3. The molecule has 1 saturated heterocycles. The molecule has 148 valence electrons. The van der Waals surface area contributed by atoms with E-state index in [-0.39, 0.29) is 36.3 Å². The van der Waals surface area contributed by atoms with Crippen LogP contribution in [0.1, 0.15) is 44.2 Å². The molecule has 0 radical (unpaired) electrons. The molecule has 2 aromatic rings. The molecule has 3 rings (SSSR count). The Labute approximate surface area is 166 Å². The van der Waals surface area contributed by atoms with Crippen molar-refractivity contribution >= 4 is 17.7 Å². The summed E-state index contributed by atoms with van der Waals surface area (Å²) in [7, 11) is 0. The van der Waals surface area contributed by atoms with E-state index in [1.54, 1.807) is 0 Å². The van der Waals surface area contributed by atoms with Crippen molar-refractivity contribution in [2.75, 3.05) is 12.3 Å². The summed E-state index contributed by atoms with van der Waals surface area (Å²) in [5, 5.41) is 0. The molecule has 2 N–H and O–H groups in total. The van der Waals surface area contributed by atoms with Crippen LogP contribution in [0.3, 0.4) is 0 Å². The molecule has 5 nitrogen and oxygen atoms in total. The van der Waals surface area contributed by atoms with E-state index in [1.807, 2.05) is 54.6 Å². The zero-order valence-corrected chi connectivity index (χ0v) is 16.7. The Morgan fingerprint density at radius 1 is 1.18 bits per heavy atom. The second kappa shape index (κ2) is 8.05. The Morgan fingerprint density at radius 3 is 2.54 bits per heavy atom. The number of rotatable bonds is 5. The molecule has 2 atom stereocenters. The lowest BCUT2D eigenvalue weighted by Gasteiger charge is -2.32. The van der Waals surface area contributed by atoms with Crippen LogP contribution in [0.4, 0.5) is 10.5 Å². The molecule has 1 heterocycles. The number of nitrogens with two attached hydrogens (primary N) is 1. The minimum Gasteiger partial charge on any atom is -0.447 e. The zero-order valence-electron chi connectivity index (χ0n) is 16.7. The third-order valence-corrected chi connectivity index (χ3v) is 5.28. The van der Waals surface area contributed by atoms with Gasteiger partial charge in [0.15, 0.2) is 0 Å². The molecule has 1 fully saturated rings. The van der Waals surface area contributed by atoms with E-state index < -0.39 is 6.09 Å². The molecule has 0 aliphatic carbocycles. The number of cyclic esters (lactones) is 1. The molecule has 0 saturated carbocycles. The minimum atomic E-state index is -0.550. The summed E-state index contributed by atoms with van der Waals surface area (Å²) in [6.07, 6.45) is 0.274. The maximum atomic E-state index is 13.2. The second-order valence-electron chi connectivity index (χ2n) is 8.48. The van der Waals surface area contributed by atoms with E-state index in [9.17, 15) is 9.59 Å². The maximum Gasteiger partial charge on any atom is 0.416 e. The van der Waals surface area contributed by atoms with Gasteiger partial charge in [-0.3, -0.25) is 4.79 Å². The van der Waals surface area contributed by atoms with E-state index in [0.29, 0.717) is 12.1 Å². The molecule has 5 heteroatoms. The van der Waals surface area contributed by atoms with Crippen LogP contribution >= 0.6 is 0 Å². The van der Waals surface area contributed by atoms with Crippen LogP contribution in [-0.2, 0) is 16.0 Å². The van der Waals surface area contributed by atoms with Gasteiger partial charge >= 0.3 is 6.09 Å². The summed E-state index contributed by atoms with van der Waals surface area (Å²) in [6.45, 7) is 6.52. The molecule has 0 unspecified atom stereocenters. The van der Waals surface area contributed by atoms with Crippen molar-refractivity contribution in [3.8, 4) is 0 Å². The third kappa shape index (κ3) is 4.53. The number of carbonyl (C=O) groups is 2. The van der Waals surface area contributed by atoms with Crippen LogP contribution in [0.5, 0.6) is 0 Å². The molecule has 0 bridgehead atoms. The number of nitrogens with zero attached hydrogens (tertiary/aromatic N) is 1. The van der Waals surface area contributed by atoms with E-state index in [2.05, 4.69) is 20.8 Å². The largest absolute Gasteiger partial charge is 0.447 e. The minimum absolute atomic E-state index is 0.0609. The predicted molar refractivity (Wildman–Crippen MR) is 110 cm³/mol. The highest BCUT2D eigenvalue weighted by atomic mass is 16.6. The molecule has 0 aromatic heterocycles. The van der Waals surface area contributed by atoms with Gasteiger partial charge in [-0.1, -0.05) is 63.2 Å². The van der Waals surface area contributed by atoms with Crippen LogP contribution in [0.2, 0.25) is 0 Å². The number of anilines is 1. The first-order valence-electron chi connectivity index (χ1n) is 9.64. The Morgan fingerprint density at radius 2 is 1.89 bits per heavy atom. The fraction of sp³-hybridized carbons (Fsp3) is 0.391. The Kier molecular flexibility index (Phi) is 5.73. The van der Waals surface area contributed by atoms with Gasteiger partial charge in [0, 0.05) is 12.1 Å². The van der Waals surface area contributed by atoms with Crippen LogP contribution < -0.4 is 5.73 Å². The van der Waals surface area contributed by atoms with Gasteiger partial charge in [-0.15, -0.1) is 0 Å². The number of hydrogen-bond donors (Lipinski definition) is 1. The highest BCUT2D eigenvalue weighted by Crippen LogP contribution is 2.39. The van der Waals surface area contributed by atoms with E-state index in [0.717, 1.165) is 11.1 Å². The zero-order chi connectivity index (χ0) is 20.3. The fourth-order valence-electron chi connectivity index (χ4n) is 3.78. The molecule has 1 aliphatic heterocycles. The number of carbonyl (C=O) groups excluding carboxylic acids is 2. The number of ether oxygens (including phenoxy) is 1. The summed E-state index contributed by atoms with van der Waals surface area (Å²) in [5.41, 5.74) is 8.54. The van der Waals surface area contributed by atoms with Crippen LogP contribution in [0.25, 0.3) is 0 Å². The molecule has 0 spiro atoms. The standard InChI is InChI=1S/C23H28N2O3/c1-23(2,3)20(17-10-7-11-18(24)13-17)14-21(26)25-19(15-28-22(25)27)12-16-8-5-4-6-9-16/h4-11,13,19-20H,12,14-15,24H2,1-3H3/t19-,20+/m0/s1. The number of hydrogen-bond acceptors (Lipinski definition) is 4.